The Bertz CT molecular complexity index is 813. The fourth-order valence-corrected chi connectivity index (χ4v) is 4.15. The molecular formula is C23H29FN2O2. The average molecular weight is 384 g/mol. The van der Waals surface area contributed by atoms with Gasteiger partial charge in [0.25, 0.3) is 0 Å². The van der Waals surface area contributed by atoms with Crippen LogP contribution in [0.15, 0.2) is 65.5 Å². The number of carbonyl (C=O) groups is 1. The largest absolute Gasteiger partial charge is 0.383 e. The highest BCUT2D eigenvalue weighted by Gasteiger charge is 2.43. The summed E-state index contributed by atoms with van der Waals surface area (Å²) >= 11 is 0. The van der Waals surface area contributed by atoms with E-state index in [0.29, 0.717) is 5.57 Å². The predicted octanol–water partition coefficient (Wildman–Crippen LogP) is 3.21. The van der Waals surface area contributed by atoms with E-state index in [1.165, 1.54) is 18.6 Å². The van der Waals surface area contributed by atoms with Gasteiger partial charge in [0, 0.05) is 18.7 Å². The van der Waals surface area contributed by atoms with Gasteiger partial charge in [0.05, 0.1) is 11.6 Å². The molecule has 28 heavy (non-hydrogen) atoms. The second-order valence-electron chi connectivity index (χ2n) is 7.84. The van der Waals surface area contributed by atoms with Gasteiger partial charge in [0.1, 0.15) is 11.4 Å². The number of fused-ring (bicyclic) bond motifs is 2. The molecule has 5 heteroatoms. The molecule has 0 saturated carbocycles. The molecule has 2 aliphatic carbocycles. The van der Waals surface area contributed by atoms with Gasteiger partial charge in [-0.15, -0.1) is 0 Å². The molecule has 0 spiro atoms. The highest BCUT2D eigenvalue weighted by Crippen LogP contribution is 2.35. The van der Waals surface area contributed by atoms with E-state index in [2.05, 4.69) is 30.8 Å². The minimum atomic E-state index is -0.727. The van der Waals surface area contributed by atoms with Crippen LogP contribution in [0.1, 0.15) is 25.3 Å². The number of piperidine rings is 1. The number of carbonyl (C=O) groups excluding carboxylic acids is 1. The van der Waals surface area contributed by atoms with Crippen LogP contribution in [0.5, 0.6) is 0 Å². The summed E-state index contributed by atoms with van der Waals surface area (Å²) in [6.07, 6.45) is 6.37. The molecule has 0 radical (unpaired) electrons. The van der Waals surface area contributed by atoms with Crippen LogP contribution in [-0.4, -0.2) is 60.5 Å². The molecule has 150 valence electrons. The fourth-order valence-electron chi connectivity index (χ4n) is 4.15. The van der Waals surface area contributed by atoms with E-state index in [1.54, 1.807) is 6.08 Å². The highest BCUT2D eigenvalue weighted by molar-refractivity contribution is 6.18. The van der Waals surface area contributed by atoms with Crippen LogP contribution in [0.4, 0.5) is 4.39 Å². The summed E-state index contributed by atoms with van der Waals surface area (Å²) in [7, 11) is 4.13. The second-order valence-corrected chi connectivity index (χ2v) is 7.84. The molecule has 1 saturated heterocycles. The number of ketones is 1. The van der Waals surface area contributed by atoms with Crippen molar-refractivity contribution in [3.05, 3.63) is 71.1 Å². The molecule has 1 aliphatic heterocycles. The van der Waals surface area contributed by atoms with E-state index in [1.807, 2.05) is 30.3 Å². The van der Waals surface area contributed by atoms with Crippen molar-refractivity contribution in [1.82, 2.24) is 9.80 Å². The van der Waals surface area contributed by atoms with Crippen molar-refractivity contribution < 1.29 is 14.3 Å². The van der Waals surface area contributed by atoms with Gasteiger partial charge < -0.3 is 14.9 Å². The Kier molecular flexibility index (Phi) is 6.28. The molecule has 2 bridgehead atoms. The lowest BCUT2D eigenvalue weighted by Gasteiger charge is -2.47. The number of nitrogens with zero attached hydrogens (tertiary/aromatic N) is 2. The Balaban J connectivity index is 0.000000206. The van der Waals surface area contributed by atoms with Gasteiger partial charge in [-0.1, -0.05) is 43.3 Å². The van der Waals surface area contributed by atoms with Gasteiger partial charge in [-0.3, -0.25) is 4.79 Å². The first-order valence-corrected chi connectivity index (χ1v) is 9.87. The van der Waals surface area contributed by atoms with Gasteiger partial charge in [0.15, 0.2) is 5.78 Å². The Morgan fingerprint density at radius 1 is 1.25 bits per heavy atom. The van der Waals surface area contributed by atoms with Crippen molar-refractivity contribution in [2.75, 3.05) is 33.7 Å². The third-order valence-corrected chi connectivity index (χ3v) is 5.70. The molecule has 1 fully saturated rings. The number of rotatable bonds is 4. The number of hydrogen-bond acceptors (Lipinski definition) is 4. The third-order valence-electron chi connectivity index (χ3n) is 5.70. The molecule has 2 unspecified atom stereocenters. The van der Waals surface area contributed by atoms with Crippen LogP contribution in [0.3, 0.4) is 0 Å². The number of benzene rings is 1. The molecule has 3 aliphatic rings. The molecule has 0 amide bonds. The second kappa shape index (κ2) is 8.52. The van der Waals surface area contributed by atoms with Crippen LogP contribution in [0.25, 0.3) is 0 Å². The summed E-state index contributed by atoms with van der Waals surface area (Å²) in [5.74, 6) is -0.565. The van der Waals surface area contributed by atoms with E-state index in [0.717, 1.165) is 31.6 Å². The molecule has 1 heterocycles. The SMILES string of the molecule is CCCN1CCC(O)(c2ccccc2)C(N(C)C)C1.O=C1C2=CC(F)=C1C=C2. The topological polar surface area (TPSA) is 43.8 Å². The first-order valence-electron chi connectivity index (χ1n) is 9.87. The van der Waals surface area contributed by atoms with Crippen LogP contribution in [0, 0.1) is 0 Å². The highest BCUT2D eigenvalue weighted by atomic mass is 19.1. The standard InChI is InChI=1S/C16H26N2O.C7H3FO/c1-4-11-18-12-10-16(19,15(13-18)17(2)3)14-8-6-5-7-9-14;8-6-3-4-1-2-5(6)7(4)9/h5-9,15,19H,4,10-13H2,1-3H3;1-3H. The summed E-state index contributed by atoms with van der Waals surface area (Å²) < 4.78 is 12.4. The van der Waals surface area contributed by atoms with Crippen molar-refractivity contribution in [3.63, 3.8) is 0 Å². The maximum atomic E-state index is 12.4. The molecule has 4 rings (SSSR count). The minimum Gasteiger partial charge on any atom is -0.383 e. The van der Waals surface area contributed by atoms with E-state index in [4.69, 9.17) is 0 Å². The summed E-state index contributed by atoms with van der Waals surface area (Å²) in [6.45, 7) is 5.24. The molecule has 0 aromatic heterocycles. The smallest absolute Gasteiger partial charge is 0.196 e. The first-order chi connectivity index (χ1) is 13.4. The van der Waals surface area contributed by atoms with Gasteiger partial charge in [-0.2, -0.15) is 0 Å². The number of likely N-dealkylation sites (N-methyl/N-ethyl adjacent to an activating group) is 1. The van der Waals surface area contributed by atoms with Crippen LogP contribution >= 0.6 is 0 Å². The Labute approximate surface area is 166 Å². The summed E-state index contributed by atoms with van der Waals surface area (Å²) in [5, 5.41) is 11.2. The van der Waals surface area contributed by atoms with Crippen molar-refractivity contribution in [2.45, 2.75) is 31.4 Å². The number of likely N-dealkylation sites (tertiary alicyclic amines) is 1. The van der Waals surface area contributed by atoms with Gasteiger partial charge in [-0.25, -0.2) is 4.39 Å². The number of Topliss-reactive ketones (excluding diaryl/α,β-unsaturated/α-hetero) is 1. The predicted molar refractivity (Wildman–Crippen MR) is 110 cm³/mol. The van der Waals surface area contributed by atoms with Crippen LogP contribution in [-0.2, 0) is 10.4 Å². The van der Waals surface area contributed by atoms with Crippen LogP contribution in [0.2, 0.25) is 0 Å². The van der Waals surface area contributed by atoms with Crippen molar-refractivity contribution >= 4 is 5.78 Å². The van der Waals surface area contributed by atoms with E-state index < -0.39 is 11.4 Å². The minimum absolute atomic E-state index is 0.148. The first kappa shape index (κ1) is 20.6. The number of aliphatic hydroxyl groups is 1. The van der Waals surface area contributed by atoms with Crippen molar-refractivity contribution in [1.29, 1.82) is 0 Å². The van der Waals surface area contributed by atoms with Crippen LogP contribution < -0.4 is 0 Å². The molecule has 4 nitrogen and oxygen atoms in total. The Morgan fingerprint density at radius 3 is 2.43 bits per heavy atom. The third kappa shape index (κ3) is 4.02. The lowest BCUT2D eigenvalue weighted by Crippen LogP contribution is -2.59. The summed E-state index contributed by atoms with van der Waals surface area (Å²) in [4.78, 5) is 15.4. The zero-order valence-electron chi connectivity index (χ0n) is 16.9. The number of hydrogen-bond donors (Lipinski definition) is 1. The fraction of sp³-hybridized carbons (Fsp3) is 0.435. The Morgan fingerprint density at radius 2 is 1.96 bits per heavy atom. The van der Waals surface area contributed by atoms with Crippen molar-refractivity contribution in [3.8, 4) is 0 Å². The monoisotopic (exact) mass is 384 g/mol. The maximum absolute atomic E-state index is 12.4. The average Bonchev–Trinajstić information content (AvgIpc) is 3.18. The van der Waals surface area contributed by atoms with Crippen molar-refractivity contribution in [2.24, 2.45) is 0 Å². The molecular weight excluding hydrogens is 355 g/mol. The van der Waals surface area contributed by atoms with E-state index in [-0.39, 0.29) is 17.4 Å². The zero-order chi connectivity index (χ0) is 20.3. The number of allylic oxidation sites excluding steroid dienone is 6. The lowest BCUT2D eigenvalue weighted by molar-refractivity contribution is -0.111. The van der Waals surface area contributed by atoms with Gasteiger partial charge in [-0.05, 0) is 51.2 Å². The maximum Gasteiger partial charge on any atom is 0.196 e. The lowest BCUT2D eigenvalue weighted by atomic mass is 9.80. The molecule has 1 aromatic rings. The summed E-state index contributed by atoms with van der Waals surface area (Å²) in [6, 6.07) is 10.3. The van der Waals surface area contributed by atoms with E-state index in [9.17, 15) is 14.3 Å². The normalized spacial score (nSPS) is 26.6. The van der Waals surface area contributed by atoms with E-state index >= 15 is 0 Å². The molecule has 1 N–H and O–H groups in total. The van der Waals surface area contributed by atoms with Gasteiger partial charge >= 0.3 is 0 Å². The molecule has 2 atom stereocenters. The quantitative estimate of drug-likeness (QED) is 0.866. The van der Waals surface area contributed by atoms with Gasteiger partial charge in [0.2, 0.25) is 0 Å². The number of halogens is 1. The summed E-state index contributed by atoms with van der Waals surface area (Å²) in [5.41, 5.74) is 1.01. The molecule has 1 aromatic carbocycles. The Hall–Kier alpha value is -2.08. The zero-order valence-corrected chi connectivity index (χ0v) is 16.9.